The maximum Gasteiger partial charge on any atom is 0.271 e. The van der Waals surface area contributed by atoms with Crippen molar-refractivity contribution in [1.29, 1.82) is 0 Å². The first-order valence-corrected chi connectivity index (χ1v) is 9.03. The Labute approximate surface area is 150 Å². The van der Waals surface area contributed by atoms with Crippen molar-refractivity contribution in [3.8, 4) is 0 Å². The van der Waals surface area contributed by atoms with Crippen LogP contribution in [0.3, 0.4) is 0 Å². The minimum Gasteiger partial charge on any atom is -0.326 e. The summed E-state index contributed by atoms with van der Waals surface area (Å²) in [6, 6.07) is 6.92. The highest BCUT2D eigenvalue weighted by molar-refractivity contribution is 5.97. The molecule has 0 spiro atoms. The first-order valence-electron chi connectivity index (χ1n) is 9.03. The van der Waals surface area contributed by atoms with Crippen molar-refractivity contribution in [2.24, 2.45) is 16.4 Å². The molecule has 1 aromatic rings. The zero-order valence-corrected chi connectivity index (χ0v) is 15.7. The lowest BCUT2D eigenvalue weighted by Crippen LogP contribution is -2.25. The SMILES string of the molecule is C/C(=N\NC(=O)c1ccc(NC(=O)C2CCCCC2)cc1)C(C)(C)C. The van der Waals surface area contributed by atoms with Crippen LogP contribution in [0.2, 0.25) is 0 Å². The van der Waals surface area contributed by atoms with Gasteiger partial charge in [0.15, 0.2) is 0 Å². The molecule has 2 amide bonds. The van der Waals surface area contributed by atoms with Crippen LogP contribution in [0.15, 0.2) is 29.4 Å². The fraction of sp³-hybridized carbons (Fsp3) is 0.550. The number of carbonyl (C=O) groups excluding carboxylic acids is 2. The highest BCUT2D eigenvalue weighted by atomic mass is 16.2. The number of amides is 2. The van der Waals surface area contributed by atoms with Gasteiger partial charge in [0, 0.05) is 28.3 Å². The van der Waals surface area contributed by atoms with Crippen molar-refractivity contribution in [2.45, 2.75) is 59.8 Å². The largest absolute Gasteiger partial charge is 0.326 e. The summed E-state index contributed by atoms with van der Waals surface area (Å²) < 4.78 is 0. The molecule has 0 bridgehead atoms. The Morgan fingerprint density at radius 3 is 2.20 bits per heavy atom. The molecule has 136 valence electrons. The number of rotatable bonds is 4. The van der Waals surface area contributed by atoms with E-state index in [2.05, 4.69) is 15.8 Å². The topological polar surface area (TPSA) is 70.6 Å². The van der Waals surface area contributed by atoms with E-state index in [1.165, 1.54) is 6.42 Å². The smallest absolute Gasteiger partial charge is 0.271 e. The van der Waals surface area contributed by atoms with E-state index in [0.717, 1.165) is 37.1 Å². The van der Waals surface area contributed by atoms with Crippen LogP contribution in [-0.2, 0) is 4.79 Å². The number of hydrazone groups is 1. The Hall–Kier alpha value is -2.17. The van der Waals surface area contributed by atoms with Gasteiger partial charge < -0.3 is 5.32 Å². The lowest BCUT2D eigenvalue weighted by Gasteiger charge is -2.20. The molecule has 0 heterocycles. The van der Waals surface area contributed by atoms with Crippen molar-refractivity contribution in [2.75, 3.05) is 5.32 Å². The van der Waals surface area contributed by atoms with E-state index in [-0.39, 0.29) is 23.1 Å². The summed E-state index contributed by atoms with van der Waals surface area (Å²) in [6.45, 7) is 8.02. The number of nitrogens with one attached hydrogen (secondary N) is 2. The van der Waals surface area contributed by atoms with E-state index in [9.17, 15) is 9.59 Å². The van der Waals surface area contributed by atoms with E-state index < -0.39 is 0 Å². The van der Waals surface area contributed by atoms with Gasteiger partial charge in [-0.15, -0.1) is 0 Å². The Balaban J connectivity index is 1.92. The van der Waals surface area contributed by atoms with E-state index >= 15 is 0 Å². The van der Waals surface area contributed by atoms with E-state index in [0.29, 0.717) is 5.56 Å². The molecule has 0 unspecified atom stereocenters. The summed E-state index contributed by atoms with van der Waals surface area (Å²) in [5, 5.41) is 7.10. The monoisotopic (exact) mass is 343 g/mol. The standard InChI is InChI=1S/C20H29N3O2/c1-14(20(2,3)4)22-23-19(25)16-10-12-17(13-11-16)21-18(24)15-8-6-5-7-9-15/h10-13,15H,5-9H2,1-4H3,(H,21,24)(H,23,25)/b22-14+. The molecular formula is C20H29N3O2. The van der Waals surface area contributed by atoms with Crippen LogP contribution >= 0.6 is 0 Å². The number of benzene rings is 1. The van der Waals surface area contributed by atoms with Gasteiger partial charge in [0.1, 0.15) is 0 Å². The summed E-state index contributed by atoms with van der Waals surface area (Å²) in [7, 11) is 0. The van der Waals surface area contributed by atoms with Crippen LogP contribution in [0.1, 0.15) is 70.2 Å². The van der Waals surface area contributed by atoms with Crippen LogP contribution in [0.25, 0.3) is 0 Å². The minimum absolute atomic E-state index is 0.0828. The van der Waals surface area contributed by atoms with E-state index in [1.54, 1.807) is 24.3 Å². The van der Waals surface area contributed by atoms with Crippen LogP contribution in [0.5, 0.6) is 0 Å². The Morgan fingerprint density at radius 1 is 1.04 bits per heavy atom. The van der Waals surface area contributed by atoms with E-state index in [4.69, 9.17) is 0 Å². The van der Waals surface area contributed by atoms with Gasteiger partial charge in [-0.1, -0.05) is 40.0 Å². The number of anilines is 1. The molecule has 1 saturated carbocycles. The van der Waals surface area contributed by atoms with Crippen molar-refractivity contribution in [1.82, 2.24) is 5.43 Å². The lowest BCUT2D eigenvalue weighted by molar-refractivity contribution is -0.120. The maximum absolute atomic E-state index is 12.2. The summed E-state index contributed by atoms with van der Waals surface area (Å²) in [4.78, 5) is 24.4. The molecule has 5 heteroatoms. The third-order valence-electron chi connectivity index (χ3n) is 4.80. The first-order chi connectivity index (χ1) is 11.8. The van der Waals surface area contributed by atoms with Crippen molar-refractivity contribution in [3.63, 3.8) is 0 Å². The third-order valence-corrected chi connectivity index (χ3v) is 4.80. The average Bonchev–Trinajstić information content (AvgIpc) is 2.60. The summed E-state index contributed by atoms with van der Waals surface area (Å²) >= 11 is 0. The highest BCUT2D eigenvalue weighted by Crippen LogP contribution is 2.25. The predicted octanol–water partition coefficient (Wildman–Crippen LogP) is 4.36. The molecule has 0 radical (unpaired) electrons. The molecule has 0 aliphatic heterocycles. The molecule has 1 aliphatic rings. The third kappa shape index (κ3) is 5.69. The van der Waals surface area contributed by atoms with Crippen molar-refractivity contribution >= 4 is 23.2 Å². The Kier molecular flexibility index (Phi) is 6.34. The van der Waals surface area contributed by atoms with Gasteiger partial charge >= 0.3 is 0 Å². The average molecular weight is 343 g/mol. The molecule has 25 heavy (non-hydrogen) atoms. The highest BCUT2D eigenvalue weighted by Gasteiger charge is 2.21. The molecule has 1 aliphatic carbocycles. The van der Waals surface area contributed by atoms with Gasteiger partial charge in [-0.2, -0.15) is 5.10 Å². The maximum atomic E-state index is 12.2. The summed E-state index contributed by atoms with van der Waals surface area (Å²) in [6.07, 6.45) is 5.43. The van der Waals surface area contributed by atoms with Gasteiger partial charge in [0.05, 0.1) is 0 Å². The fourth-order valence-electron chi connectivity index (χ4n) is 2.68. The molecular weight excluding hydrogens is 314 g/mol. The molecule has 2 rings (SSSR count). The van der Waals surface area contributed by atoms with Crippen LogP contribution in [0.4, 0.5) is 5.69 Å². The predicted molar refractivity (Wildman–Crippen MR) is 102 cm³/mol. The van der Waals surface area contributed by atoms with Gasteiger partial charge in [-0.05, 0) is 44.0 Å². The lowest BCUT2D eigenvalue weighted by atomic mass is 9.88. The molecule has 0 aromatic heterocycles. The molecule has 1 aromatic carbocycles. The first kappa shape index (κ1) is 19.2. The van der Waals surface area contributed by atoms with Crippen molar-refractivity contribution in [3.05, 3.63) is 29.8 Å². The van der Waals surface area contributed by atoms with Gasteiger partial charge in [0.25, 0.3) is 5.91 Å². The quantitative estimate of drug-likeness (QED) is 0.630. The molecule has 0 atom stereocenters. The second-order valence-electron chi connectivity index (χ2n) is 7.79. The second kappa shape index (κ2) is 8.28. The fourth-order valence-corrected chi connectivity index (χ4v) is 2.68. The zero-order chi connectivity index (χ0) is 18.4. The van der Waals surface area contributed by atoms with Crippen LogP contribution in [-0.4, -0.2) is 17.5 Å². The molecule has 2 N–H and O–H groups in total. The van der Waals surface area contributed by atoms with Crippen molar-refractivity contribution < 1.29 is 9.59 Å². The molecule has 1 fully saturated rings. The summed E-state index contributed by atoms with van der Waals surface area (Å²) in [5.41, 5.74) is 4.59. The normalized spacial score (nSPS) is 16.4. The summed E-state index contributed by atoms with van der Waals surface area (Å²) in [5.74, 6) is -0.0532. The van der Waals surface area contributed by atoms with Crippen LogP contribution in [0, 0.1) is 11.3 Å². The van der Waals surface area contributed by atoms with Crippen LogP contribution < -0.4 is 10.7 Å². The number of hydrogen-bond donors (Lipinski definition) is 2. The number of carbonyl (C=O) groups is 2. The van der Waals surface area contributed by atoms with Gasteiger partial charge in [-0.3, -0.25) is 9.59 Å². The van der Waals surface area contributed by atoms with E-state index in [1.807, 2.05) is 27.7 Å². The molecule has 5 nitrogen and oxygen atoms in total. The number of hydrogen-bond acceptors (Lipinski definition) is 3. The zero-order valence-electron chi connectivity index (χ0n) is 15.7. The Morgan fingerprint density at radius 2 is 1.64 bits per heavy atom. The minimum atomic E-state index is -0.256. The van der Waals surface area contributed by atoms with Gasteiger partial charge in [0.2, 0.25) is 5.91 Å². The second-order valence-corrected chi connectivity index (χ2v) is 7.79. The Bertz CT molecular complexity index is 636. The van der Waals surface area contributed by atoms with Gasteiger partial charge in [-0.25, -0.2) is 5.43 Å². The molecule has 0 saturated heterocycles. The number of nitrogens with zero attached hydrogens (tertiary/aromatic N) is 1.